The topological polar surface area (TPSA) is 95.2 Å². The highest BCUT2D eigenvalue weighted by Gasteiger charge is 2.40. The van der Waals surface area contributed by atoms with Gasteiger partial charge in [0.25, 0.3) is 0 Å². The molecule has 2 amide bonds. The predicted molar refractivity (Wildman–Crippen MR) is 114 cm³/mol. The number of benzene rings is 1. The monoisotopic (exact) mass is 416 g/mol. The third kappa shape index (κ3) is 5.46. The summed E-state index contributed by atoms with van der Waals surface area (Å²) >= 11 is 0. The lowest BCUT2D eigenvalue weighted by molar-refractivity contribution is -0.135. The van der Waals surface area contributed by atoms with Crippen molar-refractivity contribution in [1.82, 2.24) is 20.9 Å². The Morgan fingerprint density at radius 2 is 2.10 bits per heavy atom. The molecule has 2 aromatic rings. The summed E-state index contributed by atoms with van der Waals surface area (Å²) in [4.78, 5) is 28.5. The molecule has 0 atom stereocenters. The first kappa shape index (κ1) is 22.0. The Morgan fingerprint density at radius 1 is 1.30 bits per heavy atom. The number of hydrogen-bond acceptors (Lipinski definition) is 4. The molecule has 0 spiro atoms. The summed E-state index contributed by atoms with van der Waals surface area (Å²) in [6.07, 6.45) is 5.26. The molecule has 4 N–H and O–H groups in total. The fourth-order valence-corrected chi connectivity index (χ4v) is 3.76. The molecule has 0 aliphatic carbocycles. The van der Waals surface area contributed by atoms with Gasteiger partial charge in [0.05, 0.1) is 13.2 Å². The number of hydrogen-bond donors (Lipinski definition) is 4. The van der Waals surface area contributed by atoms with Crippen LogP contribution in [0.3, 0.4) is 0 Å². The Bertz CT molecular complexity index is 890. The third-order valence-corrected chi connectivity index (χ3v) is 5.39. The number of aromatic nitrogens is 1. The van der Waals surface area contributed by atoms with Crippen molar-refractivity contribution in [3.05, 3.63) is 48.4 Å². The smallest absolute Gasteiger partial charge is 0.245 e. The van der Waals surface area contributed by atoms with E-state index in [1.54, 1.807) is 12.1 Å². The summed E-state index contributed by atoms with van der Waals surface area (Å²) in [5.74, 6) is -0.681. The molecule has 1 aliphatic heterocycles. The molecule has 2 heterocycles. The van der Waals surface area contributed by atoms with Crippen LogP contribution in [0.4, 0.5) is 4.39 Å². The fourth-order valence-electron chi connectivity index (χ4n) is 3.76. The standard InChI is InChI=1S/C22H29FN4O3/c1-2-12-30-13-6-20(28)27-22(7-10-24-11-8-22)21(29)25-9-5-16-15-26-19-4-3-17(23)14-18(16)19/h2-4,14-15,24,26H,1,5-13H2,(H,25,29)(H,27,28). The highest BCUT2D eigenvalue weighted by Crippen LogP contribution is 2.21. The van der Waals surface area contributed by atoms with Crippen molar-refractivity contribution in [3.8, 4) is 0 Å². The van der Waals surface area contributed by atoms with Gasteiger partial charge in [-0.15, -0.1) is 6.58 Å². The quantitative estimate of drug-likeness (QED) is 0.351. The van der Waals surface area contributed by atoms with Gasteiger partial charge in [-0.1, -0.05) is 6.08 Å². The average molecular weight is 416 g/mol. The van der Waals surface area contributed by atoms with Gasteiger partial charge < -0.3 is 25.7 Å². The van der Waals surface area contributed by atoms with Crippen LogP contribution >= 0.6 is 0 Å². The molecule has 30 heavy (non-hydrogen) atoms. The van der Waals surface area contributed by atoms with E-state index in [1.807, 2.05) is 6.20 Å². The Hall–Kier alpha value is -2.71. The SMILES string of the molecule is C=CCOCCC(=O)NC1(C(=O)NCCc2c[nH]c3ccc(F)cc23)CCNCC1. The van der Waals surface area contributed by atoms with Crippen LogP contribution in [0, 0.1) is 5.82 Å². The molecule has 8 heteroatoms. The number of nitrogens with one attached hydrogen (secondary N) is 4. The minimum Gasteiger partial charge on any atom is -0.377 e. The largest absolute Gasteiger partial charge is 0.377 e. The zero-order valence-electron chi connectivity index (χ0n) is 17.1. The van der Waals surface area contributed by atoms with Crippen LogP contribution < -0.4 is 16.0 Å². The highest BCUT2D eigenvalue weighted by molar-refractivity contribution is 5.91. The second-order valence-electron chi connectivity index (χ2n) is 7.50. The molecule has 1 fully saturated rings. The molecule has 3 rings (SSSR count). The normalized spacial score (nSPS) is 15.6. The molecular weight excluding hydrogens is 387 g/mol. The van der Waals surface area contributed by atoms with Gasteiger partial charge in [0.2, 0.25) is 11.8 Å². The second kappa shape index (κ2) is 10.4. The van der Waals surface area contributed by atoms with E-state index in [2.05, 4.69) is 27.5 Å². The first-order chi connectivity index (χ1) is 14.5. The fraction of sp³-hybridized carbons (Fsp3) is 0.455. The maximum atomic E-state index is 13.5. The Kier molecular flexibility index (Phi) is 7.59. The van der Waals surface area contributed by atoms with Gasteiger partial charge in [-0.2, -0.15) is 0 Å². The minimum absolute atomic E-state index is 0.185. The van der Waals surface area contributed by atoms with Crippen LogP contribution in [-0.2, 0) is 20.7 Å². The summed E-state index contributed by atoms with van der Waals surface area (Å²) in [6.45, 7) is 5.95. The molecule has 1 aromatic carbocycles. The van der Waals surface area contributed by atoms with Crippen LogP contribution in [0.1, 0.15) is 24.8 Å². The Balaban J connectivity index is 1.57. The molecule has 0 unspecified atom stereocenters. The number of fused-ring (bicyclic) bond motifs is 1. The van der Waals surface area contributed by atoms with E-state index in [0.29, 0.717) is 45.5 Å². The first-order valence-corrected chi connectivity index (χ1v) is 10.3. The van der Waals surface area contributed by atoms with E-state index >= 15 is 0 Å². The van der Waals surface area contributed by atoms with Crippen molar-refractivity contribution in [2.45, 2.75) is 31.2 Å². The Morgan fingerprint density at radius 3 is 2.87 bits per heavy atom. The molecule has 0 radical (unpaired) electrons. The van der Waals surface area contributed by atoms with Crippen LogP contribution in [0.5, 0.6) is 0 Å². The summed E-state index contributed by atoms with van der Waals surface area (Å²) in [5, 5.41) is 9.93. The lowest BCUT2D eigenvalue weighted by Crippen LogP contribution is -2.63. The van der Waals surface area contributed by atoms with E-state index < -0.39 is 5.54 Å². The van der Waals surface area contributed by atoms with Crippen LogP contribution in [0.2, 0.25) is 0 Å². The number of piperidine rings is 1. The van der Waals surface area contributed by atoms with E-state index in [-0.39, 0.29) is 30.7 Å². The number of aromatic amines is 1. The molecule has 0 saturated carbocycles. The number of H-pyrrole nitrogens is 1. The lowest BCUT2D eigenvalue weighted by atomic mass is 9.87. The van der Waals surface area contributed by atoms with Crippen molar-refractivity contribution < 1.29 is 18.7 Å². The van der Waals surface area contributed by atoms with Gasteiger partial charge in [-0.25, -0.2) is 4.39 Å². The van der Waals surface area contributed by atoms with Gasteiger partial charge in [-0.05, 0) is 56.1 Å². The molecule has 7 nitrogen and oxygen atoms in total. The number of halogens is 1. The van der Waals surface area contributed by atoms with Crippen molar-refractivity contribution in [2.75, 3.05) is 32.8 Å². The first-order valence-electron chi connectivity index (χ1n) is 10.3. The van der Waals surface area contributed by atoms with Gasteiger partial charge >= 0.3 is 0 Å². The van der Waals surface area contributed by atoms with E-state index in [4.69, 9.17) is 4.74 Å². The van der Waals surface area contributed by atoms with Crippen molar-refractivity contribution in [2.24, 2.45) is 0 Å². The van der Waals surface area contributed by atoms with Crippen molar-refractivity contribution in [1.29, 1.82) is 0 Å². The number of carbonyl (C=O) groups is 2. The van der Waals surface area contributed by atoms with Gasteiger partial charge in [-0.3, -0.25) is 9.59 Å². The number of amides is 2. The molecular formula is C22H29FN4O3. The zero-order valence-corrected chi connectivity index (χ0v) is 17.1. The third-order valence-electron chi connectivity index (χ3n) is 5.39. The summed E-state index contributed by atoms with van der Waals surface area (Å²) in [7, 11) is 0. The highest BCUT2D eigenvalue weighted by atomic mass is 19.1. The van der Waals surface area contributed by atoms with Crippen molar-refractivity contribution >= 4 is 22.7 Å². The maximum Gasteiger partial charge on any atom is 0.245 e. The molecule has 1 saturated heterocycles. The summed E-state index contributed by atoms with van der Waals surface area (Å²) < 4.78 is 18.8. The summed E-state index contributed by atoms with van der Waals surface area (Å²) in [6, 6.07) is 4.60. The predicted octanol–water partition coefficient (Wildman–Crippen LogP) is 1.80. The average Bonchev–Trinajstić information content (AvgIpc) is 3.14. The minimum atomic E-state index is -0.924. The van der Waals surface area contributed by atoms with Crippen molar-refractivity contribution in [3.63, 3.8) is 0 Å². The number of carbonyl (C=O) groups excluding carboxylic acids is 2. The molecule has 0 bridgehead atoms. The van der Waals surface area contributed by atoms with E-state index in [1.165, 1.54) is 12.1 Å². The zero-order chi connectivity index (χ0) is 21.4. The maximum absolute atomic E-state index is 13.5. The molecule has 162 valence electrons. The number of rotatable bonds is 10. The van der Waals surface area contributed by atoms with E-state index in [0.717, 1.165) is 16.5 Å². The lowest BCUT2D eigenvalue weighted by Gasteiger charge is -2.37. The van der Waals surface area contributed by atoms with Crippen LogP contribution in [0.15, 0.2) is 37.1 Å². The molecule has 1 aromatic heterocycles. The molecule has 1 aliphatic rings. The summed E-state index contributed by atoms with van der Waals surface area (Å²) in [5.41, 5.74) is 0.874. The van der Waals surface area contributed by atoms with Gasteiger partial charge in [0, 0.05) is 30.1 Å². The number of ether oxygens (including phenoxy) is 1. The second-order valence-corrected chi connectivity index (χ2v) is 7.50. The Labute approximate surface area is 175 Å². The van der Waals surface area contributed by atoms with E-state index in [9.17, 15) is 14.0 Å². The van der Waals surface area contributed by atoms with Gasteiger partial charge in [0.15, 0.2) is 0 Å². The van der Waals surface area contributed by atoms with Crippen LogP contribution in [0.25, 0.3) is 10.9 Å². The van der Waals surface area contributed by atoms with Crippen LogP contribution in [-0.4, -0.2) is 55.2 Å². The van der Waals surface area contributed by atoms with Gasteiger partial charge in [0.1, 0.15) is 11.4 Å².